The summed E-state index contributed by atoms with van der Waals surface area (Å²) < 4.78 is 6.24. The fourth-order valence-electron chi connectivity index (χ4n) is 3.95. The van der Waals surface area contributed by atoms with Crippen LogP contribution in [0, 0.1) is 6.92 Å². The monoisotopic (exact) mass is 495 g/mol. The van der Waals surface area contributed by atoms with Crippen LogP contribution in [0.25, 0.3) is 0 Å². The summed E-state index contributed by atoms with van der Waals surface area (Å²) in [6, 6.07) is 11.7. The van der Waals surface area contributed by atoms with Gasteiger partial charge in [0, 0.05) is 50.5 Å². The molecule has 0 aliphatic carbocycles. The SMILES string of the molecule is Cc1ncc2c(n1)N(C)CCN(c1cccc(COC(CCN(C)C(=O)O)c3cccs3)c1)C2=O. The summed E-state index contributed by atoms with van der Waals surface area (Å²) in [7, 11) is 3.48. The Bertz CT molecular complexity index is 1190. The van der Waals surface area contributed by atoms with E-state index in [0.29, 0.717) is 49.9 Å². The molecular weight excluding hydrogens is 466 g/mol. The highest BCUT2D eigenvalue weighted by atomic mass is 32.1. The second-order valence-electron chi connectivity index (χ2n) is 8.51. The lowest BCUT2D eigenvalue weighted by atomic mass is 10.1. The fourth-order valence-corrected chi connectivity index (χ4v) is 4.76. The van der Waals surface area contributed by atoms with Gasteiger partial charge >= 0.3 is 6.09 Å². The molecular formula is C25H29N5O4S. The van der Waals surface area contributed by atoms with Gasteiger partial charge in [-0.2, -0.15) is 0 Å². The highest BCUT2D eigenvalue weighted by molar-refractivity contribution is 7.10. The number of ether oxygens (including phenoxy) is 1. The van der Waals surface area contributed by atoms with Gasteiger partial charge in [-0.3, -0.25) is 4.79 Å². The summed E-state index contributed by atoms with van der Waals surface area (Å²) in [4.78, 5) is 39.3. The first-order valence-corrected chi connectivity index (χ1v) is 12.3. The Hall–Kier alpha value is -3.50. The van der Waals surface area contributed by atoms with Crippen molar-refractivity contribution in [3.05, 3.63) is 69.8 Å². The van der Waals surface area contributed by atoms with E-state index in [1.807, 2.05) is 60.6 Å². The van der Waals surface area contributed by atoms with E-state index in [4.69, 9.17) is 9.84 Å². The minimum Gasteiger partial charge on any atom is -0.465 e. The van der Waals surface area contributed by atoms with Gasteiger partial charge in [0.05, 0.1) is 12.7 Å². The average molecular weight is 496 g/mol. The number of nitrogens with zero attached hydrogens (tertiary/aromatic N) is 5. The number of thiophene rings is 1. The number of carbonyl (C=O) groups excluding carboxylic acids is 1. The zero-order chi connectivity index (χ0) is 24.9. The summed E-state index contributed by atoms with van der Waals surface area (Å²) in [5.74, 6) is 1.15. The Labute approximate surface area is 208 Å². The molecule has 184 valence electrons. The fraction of sp³-hybridized carbons (Fsp3) is 0.360. The molecule has 1 aliphatic heterocycles. The highest BCUT2D eigenvalue weighted by Crippen LogP contribution is 2.29. The van der Waals surface area contributed by atoms with E-state index < -0.39 is 6.09 Å². The third-order valence-electron chi connectivity index (χ3n) is 5.97. The van der Waals surface area contributed by atoms with E-state index in [0.717, 1.165) is 16.1 Å². The van der Waals surface area contributed by atoms with Crippen molar-refractivity contribution in [3.63, 3.8) is 0 Å². The van der Waals surface area contributed by atoms with Gasteiger partial charge in [0.25, 0.3) is 5.91 Å². The number of hydrogen-bond acceptors (Lipinski definition) is 7. The maximum atomic E-state index is 13.4. The molecule has 3 aromatic rings. The van der Waals surface area contributed by atoms with Crippen molar-refractivity contribution in [2.75, 3.05) is 43.5 Å². The first-order chi connectivity index (χ1) is 16.8. The number of carbonyl (C=O) groups is 2. The Morgan fingerprint density at radius 3 is 2.86 bits per heavy atom. The van der Waals surface area contributed by atoms with Gasteiger partial charge in [0.1, 0.15) is 17.2 Å². The van der Waals surface area contributed by atoms with Gasteiger partial charge in [-0.25, -0.2) is 14.8 Å². The predicted octanol–water partition coefficient (Wildman–Crippen LogP) is 4.20. The van der Waals surface area contributed by atoms with E-state index in [2.05, 4.69) is 9.97 Å². The molecule has 1 aliphatic rings. The first-order valence-electron chi connectivity index (χ1n) is 11.4. The highest BCUT2D eigenvalue weighted by Gasteiger charge is 2.28. The molecule has 0 bridgehead atoms. The number of rotatable bonds is 8. The summed E-state index contributed by atoms with van der Waals surface area (Å²) in [6.45, 7) is 3.69. The van der Waals surface area contributed by atoms with E-state index in [-0.39, 0.29) is 12.0 Å². The molecule has 4 rings (SSSR count). The van der Waals surface area contributed by atoms with Gasteiger partial charge in [-0.15, -0.1) is 11.3 Å². The van der Waals surface area contributed by atoms with Crippen LogP contribution in [0.2, 0.25) is 0 Å². The van der Waals surface area contributed by atoms with Crippen LogP contribution in [-0.4, -0.2) is 65.7 Å². The largest absolute Gasteiger partial charge is 0.465 e. The van der Waals surface area contributed by atoms with E-state index >= 15 is 0 Å². The lowest BCUT2D eigenvalue weighted by Gasteiger charge is -2.23. The molecule has 2 amide bonds. The Kier molecular flexibility index (Phi) is 7.62. The molecule has 0 fully saturated rings. The molecule has 1 atom stereocenters. The number of likely N-dealkylation sites (N-methyl/N-ethyl adjacent to an activating group) is 1. The molecule has 3 heterocycles. The van der Waals surface area contributed by atoms with Crippen molar-refractivity contribution in [2.24, 2.45) is 0 Å². The third kappa shape index (κ3) is 5.77. The molecule has 0 spiro atoms. The zero-order valence-corrected chi connectivity index (χ0v) is 20.9. The quantitative estimate of drug-likeness (QED) is 0.500. The van der Waals surface area contributed by atoms with Crippen LogP contribution in [0.15, 0.2) is 48.0 Å². The van der Waals surface area contributed by atoms with Gasteiger partial charge in [0.15, 0.2) is 0 Å². The van der Waals surface area contributed by atoms with Crippen molar-refractivity contribution in [2.45, 2.75) is 26.1 Å². The van der Waals surface area contributed by atoms with Crippen molar-refractivity contribution in [3.8, 4) is 0 Å². The Morgan fingerprint density at radius 1 is 1.29 bits per heavy atom. The minimum atomic E-state index is -0.961. The van der Waals surface area contributed by atoms with Crippen LogP contribution in [0.5, 0.6) is 0 Å². The number of hydrogen-bond donors (Lipinski definition) is 1. The van der Waals surface area contributed by atoms with Crippen LogP contribution in [0.1, 0.15) is 39.1 Å². The number of benzene rings is 1. The molecule has 0 radical (unpaired) electrons. The number of fused-ring (bicyclic) bond motifs is 1. The molecule has 0 saturated heterocycles. The van der Waals surface area contributed by atoms with Crippen LogP contribution < -0.4 is 9.80 Å². The second kappa shape index (κ2) is 10.8. The van der Waals surface area contributed by atoms with Crippen molar-refractivity contribution >= 4 is 34.8 Å². The maximum absolute atomic E-state index is 13.4. The molecule has 0 saturated carbocycles. The lowest BCUT2D eigenvalue weighted by molar-refractivity contribution is 0.0310. The smallest absolute Gasteiger partial charge is 0.407 e. The van der Waals surface area contributed by atoms with Crippen LogP contribution >= 0.6 is 11.3 Å². The van der Waals surface area contributed by atoms with E-state index in [1.54, 1.807) is 29.5 Å². The molecule has 1 unspecified atom stereocenters. The van der Waals surface area contributed by atoms with E-state index in [1.165, 1.54) is 4.90 Å². The lowest BCUT2D eigenvalue weighted by Crippen LogP contribution is -2.33. The summed E-state index contributed by atoms with van der Waals surface area (Å²) >= 11 is 1.59. The number of carboxylic acid groups (broad SMARTS) is 1. The first kappa shape index (κ1) is 24.6. The van der Waals surface area contributed by atoms with Gasteiger partial charge < -0.3 is 24.5 Å². The average Bonchev–Trinajstić information content (AvgIpc) is 3.35. The molecule has 10 heteroatoms. The van der Waals surface area contributed by atoms with Crippen LogP contribution in [-0.2, 0) is 11.3 Å². The Balaban J connectivity index is 1.50. The predicted molar refractivity (Wildman–Crippen MR) is 135 cm³/mol. The van der Waals surface area contributed by atoms with Crippen molar-refractivity contribution in [1.82, 2.24) is 14.9 Å². The number of amides is 2. The molecule has 1 aromatic carbocycles. The van der Waals surface area contributed by atoms with Crippen LogP contribution in [0.4, 0.5) is 16.3 Å². The number of aryl methyl sites for hydroxylation is 1. The maximum Gasteiger partial charge on any atom is 0.407 e. The standard InChI is InChI=1S/C25H29N5O4S/c1-17-26-15-20-23(27-17)28(2)11-12-30(24(20)31)19-7-4-6-18(14-19)16-34-21(22-8-5-13-35-22)9-10-29(3)25(32)33/h4-8,13-15,21H,9-12,16H2,1-3H3,(H,32,33). The number of anilines is 2. The molecule has 9 nitrogen and oxygen atoms in total. The topological polar surface area (TPSA) is 99.1 Å². The van der Waals surface area contributed by atoms with E-state index in [9.17, 15) is 9.59 Å². The Morgan fingerprint density at radius 2 is 2.11 bits per heavy atom. The third-order valence-corrected chi connectivity index (χ3v) is 6.94. The van der Waals surface area contributed by atoms with Gasteiger partial charge in [-0.1, -0.05) is 18.2 Å². The van der Waals surface area contributed by atoms with Gasteiger partial charge in [-0.05, 0) is 42.5 Å². The molecule has 1 N–H and O–H groups in total. The molecule has 2 aromatic heterocycles. The normalized spacial score (nSPS) is 14.4. The minimum absolute atomic E-state index is 0.129. The van der Waals surface area contributed by atoms with Crippen molar-refractivity contribution < 1.29 is 19.4 Å². The van der Waals surface area contributed by atoms with Crippen molar-refractivity contribution in [1.29, 1.82) is 0 Å². The van der Waals surface area contributed by atoms with Crippen LogP contribution in [0.3, 0.4) is 0 Å². The summed E-state index contributed by atoms with van der Waals surface area (Å²) in [5, 5.41) is 11.1. The molecule has 35 heavy (non-hydrogen) atoms. The van der Waals surface area contributed by atoms with Gasteiger partial charge in [0.2, 0.25) is 0 Å². The zero-order valence-electron chi connectivity index (χ0n) is 20.0. The number of aromatic nitrogens is 2. The summed E-state index contributed by atoms with van der Waals surface area (Å²) in [6.07, 6.45) is 0.969. The summed E-state index contributed by atoms with van der Waals surface area (Å²) in [5.41, 5.74) is 2.20. The second-order valence-corrected chi connectivity index (χ2v) is 9.49.